The Balaban J connectivity index is 1.72. The summed E-state index contributed by atoms with van der Waals surface area (Å²) in [5.41, 5.74) is 1.03. The largest absolute Gasteiger partial charge is 0.464 e. The van der Waals surface area contributed by atoms with Crippen LogP contribution >= 0.6 is 0 Å². The Labute approximate surface area is 209 Å². The lowest BCUT2D eigenvalue weighted by molar-refractivity contribution is -0.128. The molecule has 3 heterocycles. The number of carbonyl (C=O) groups is 2. The molecule has 4 aromatic rings. The van der Waals surface area contributed by atoms with E-state index in [-0.39, 0.29) is 18.3 Å². The standard InChI is InChI=1S/C26H30N6O4/c1-16-7-11-19(12-8-16)32(23(20-13-9-17(2)35-20)25(34)27-26(4,5)6)22(33)15-31-29-24(28-30-31)21-14-10-18(3)36-21/h7-14,23H,15H2,1-6H3,(H,27,34). The maximum atomic E-state index is 13.8. The quantitative estimate of drug-likeness (QED) is 0.413. The number of hydrogen-bond donors (Lipinski definition) is 1. The number of furan rings is 2. The average molecular weight is 491 g/mol. The molecule has 1 unspecified atom stereocenters. The van der Waals surface area contributed by atoms with Gasteiger partial charge in [-0.1, -0.05) is 17.7 Å². The van der Waals surface area contributed by atoms with Gasteiger partial charge in [-0.05, 0) is 83.2 Å². The summed E-state index contributed by atoms with van der Waals surface area (Å²) < 4.78 is 11.4. The van der Waals surface area contributed by atoms with Gasteiger partial charge >= 0.3 is 0 Å². The summed E-state index contributed by atoms with van der Waals surface area (Å²) in [4.78, 5) is 30.0. The highest BCUT2D eigenvalue weighted by molar-refractivity contribution is 6.01. The van der Waals surface area contributed by atoms with Crippen molar-refractivity contribution >= 4 is 17.5 Å². The Morgan fingerprint density at radius 3 is 2.22 bits per heavy atom. The molecule has 4 rings (SSSR count). The fraction of sp³-hybridized carbons (Fsp3) is 0.346. The molecule has 2 amide bonds. The third-order valence-electron chi connectivity index (χ3n) is 5.31. The van der Waals surface area contributed by atoms with Gasteiger partial charge in [-0.2, -0.15) is 4.80 Å². The Hall–Kier alpha value is -4.21. The maximum absolute atomic E-state index is 13.8. The van der Waals surface area contributed by atoms with Crippen LogP contribution in [0, 0.1) is 20.8 Å². The summed E-state index contributed by atoms with van der Waals surface area (Å²) in [6.45, 7) is 10.9. The first-order chi connectivity index (χ1) is 17.0. The Morgan fingerprint density at radius 2 is 1.64 bits per heavy atom. The highest BCUT2D eigenvalue weighted by Gasteiger charge is 2.37. The molecule has 0 aliphatic heterocycles. The van der Waals surface area contributed by atoms with Crippen molar-refractivity contribution in [1.82, 2.24) is 25.5 Å². The minimum atomic E-state index is -1.05. The molecule has 0 saturated carbocycles. The number of carbonyl (C=O) groups excluding carboxylic acids is 2. The highest BCUT2D eigenvalue weighted by atomic mass is 16.3. The summed E-state index contributed by atoms with van der Waals surface area (Å²) in [6.07, 6.45) is 0. The fourth-order valence-electron chi connectivity index (χ4n) is 3.72. The molecule has 3 aromatic heterocycles. The van der Waals surface area contributed by atoms with Crippen molar-refractivity contribution in [3.05, 3.63) is 71.4 Å². The summed E-state index contributed by atoms with van der Waals surface area (Å²) >= 11 is 0. The number of rotatable bonds is 7. The van der Waals surface area contributed by atoms with E-state index in [0.29, 0.717) is 28.7 Å². The van der Waals surface area contributed by atoms with Crippen LogP contribution in [0.15, 0.2) is 57.4 Å². The van der Waals surface area contributed by atoms with E-state index in [1.807, 2.05) is 46.8 Å². The van der Waals surface area contributed by atoms with Gasteiger partial charge in [0, 0.05) is 11.2 Å². The second-order valence-electron chi connectivity index (χ2n) is 9.74. The van der Waals surface area contributed by atoms with Gasteiger partial charge in [0.2, 0.25) is 5.82 Å². The lowest BCUT2D eigenvalue weighted by atomic mass is 10.1. The van der Waals surface area contributed by atoms with Crippen molar-refractivity contribution in [1.29, 1.82) is 0 Å². The average Bonchev–Trinajstić information content (AvgIpc) is 3.53. The molecule has 1 atom stereocenters. The van der Waals surface area contributed by atoms with E-state index in [2.05, 4.69) is 20.7 Å². The zero-order valence-electron chi connectivity index (χ0n) is 21.3. The van der Waals surface area contributed by atoms with E-state index in [1.165, 1.54) is 9.70 Å². The van der Waals surface area contributed by atoms with Gasteiger partial charge in [-0.3, -0.25) is 14.5 Å². The number of nitrogens with one attached hydrogen (secondary N) is 1. The van der Waals surface area contributed by atoms with Gasteiger partial charge < -0.3 is 14.2 Å². The zero-order valence-corrected chi connectivity index (χ0v) is 21.3. The van der Waals surface area contributed by atoms with E-state index in [9.17, 15) is 9.59 Å². The second-order valence-corrected chi connectivity index (χ2v) is 9.74. The minimum absolute atomic E-state index is 0.250. The molecule has 0 aliphatic carbocycles. The first-order valence-electron chi connectivity index (χ1n) is 11.6. The van der Waals surface area contributed by atoms with Crippen molar-refractivity contribution in [3.8, 4) is 11.6 Å². The first kappa shape index (κ1) is 24.9. The summed E-state index contributed by atoms with van der Waals surface area (Å²) in [6, 6.07) is 13.3. The van der Waals surface area contributed by atoms with Gasteiger partial charge in [-0.15, -0.1) is 10.2 Å². The fourth-order valence-corrected chi connectivity index (χ4v) is 3.72. The van der Waals surface area contributed by atoms with E-state index in [1.54, 1.807) is 43.3 Å². The SMILES string of the molecule is Cc1ccc(N(C(=O)Cn2nnc(-c3ccc(C)o3)n2)C(C(=O)NC(C)(C)C)c2ccc(C)o2)cc1. The second kappa shape index (κ2) is 9.80. The van der Waals surface area contributed by atoms with Crippen molar-refractivity contribution in [2.45, 2.75) is 59.7 Å². The predicted octanol–water partition coefficient (Wildman–Crippen LogP) is 4.14. The highest BCUT2D eigenvalue weighted by Crippen LogP contribution is 2.30. The molecule has 0 fully saturated rings. The molecule has 10 nitrogen and oxygen atoms in total. The summed E-state index contributed by atoms with van der Waals surface area (Å²) in [5.74, 6) is 1.62. The first-order valence-corrected chi connectivity index (χ1v) is 11.6. The van der Waals surface area contributed by atoms with Crippen LogP contribution < -0.4 is 10.2 Å². The van der Waals surface area contributed by atoms with E-state index in [4.69, 9.17) is 8.83 Å². The Kier molecular flexibility index (Phi) is 6.78. The molecule has 10 heteroatoms. The van der Waals surface area contributed by atoms with E-state index < -0.39 is 17.5 Å². The van der Waals surface area contributed by atoms with Gasteiger partial charge in [0.1, 0.15) is 23.8 Å². The minimum Gasteiger partial charge on any atom is -0.464 e. The van der Waals surface area contributed by atoms with Crippen LogP contribution in [-0.2, 0) is 16.1 Å². The number of aromatic nitrogens is 4. The molecule has 0 spiro atoms. The smallest absolute Gasteiger partial charge is 0.251 e. The topological polar surface area (TPSA) is 119 Å². The lowest BCUT2D eigenvalue weighted by Gasteiger charge is -2.32. The van der Waals surface area contributed by atoms with Crippen molar-refractivity contribution in [3.63, 3.8) is 0 Å². The van der Waals surface area contributed by atoms with Crippen LogP contribution in [0.5, 0.6) is 0 Å². The molecule has 0 bridgehead atoms. The number of benzene rings is 1. The predicted molar refractivity (Wildman–Crippen MR) is 133 cm³/mol. The monoisotopic (exact) mass is 490 g/mol. The Bertz CT molecular complexity index is 1360. The number of aryl methyl sites for hydroxylation is 3. The number of hydrogen-bond acceptors (Lipinski definition) is 7. The molecule has 1 N–H and O–H groups in total. The molecular formula is C26H30N6O4. The van der Waals surface area contributed by atoms with Crippen LogP contribution in [-0.4, -0.2) is 37.6 Å². The van der Waals surface area contributed by atoms with Gasteiger partial charge in [0.25, 0.3) is 11.8 Å². The van der Waals surface area contributed by atoms with E-state index >= 15 is 0 Å². The van der Waals surface area contributed by atoms with Crippen molar-refractivity contribution in [2.75, 3.05) is 4.90 Å². The zero-order chi connectivity index (χ0) is 26.0. The number of tetrazole rings is 1. The third-order valence-corrected chi connectivity index (χ3v) is 5.31. The van der Waals surface area contributed by atoms with Crippen molar-refractivity contribution in [2.24, 2.45) is 0 Å². The molecule has 188 valence electrons. The van der Waals surface area contributed by atoms with Gasteiger partial charge in [0.05, 0.1) is 0 Å². The van der Waals surface area contributed by atoms with E-state index in [0.717, 1.165) is 5.56 Å². The lowest BCUT2D eigenvalue weighted by Crippen LogP contribution is -2.50. The molecular weight excluding hydrogens is 460 g/mol. The van der Waals surface area contributed by atoms with Gasteiger partial charge in [0.15, 0.2) is 11.8 Å². The van der Waals surface area contributed by atoms with Gasteiger partial charge in [-0.25, -0.2) is 0 Å². The Morgan fingerprint density at radius 1 is 0.972 bits per heavy atom. The normalized spacial score (nSPS) is 12.4. The molecule has 36 heavy (non-hydrogen) atoms. The summed E-state index contributed by atoms with van der Waals surface area (Å²) in [7, 11) is 0. The van der Waals surface area contributed by atoms with Crippen LogP contribution in [0.4, 0.5) is 5.69 Å². The maximum Gasteiger partial charge on any atom is 0.251 e. The van der Waals surface area contributed by atoms with Crippen LogP contribution in [0.2, 0.25) is 0 Å². The summed E-state index contributed by atoms with van der Waals surface area (Å²) in [5, 5.41) is 15.3. The number of amides is 2. The van der Waals surface area contributed by atoms with Crippen LogP contribution in [0.1, 0.15) is 49.7 Å². The third kappa shape index (κ3) is 5.70. The molecule has 0 radical (unpaired) electrons. The number of anilines is 1. The number of nitrogens with zero attached hydrogens (tertiary/aromatic N) is 5. The van der Waals surface area contributed by atoms with Crippen LogP contribution in [0.3, 0.4) is 0 Å². The van der Waals surface area contributed by atoms with Crippen molar-refractivity contribution < 1.29 is 18.4 Å². The molecule has 0 aliphatic rings. The van der Waals surface area contributed by atoms with Crippen LogP contribution in [0.25, 0.3) is 11.6 Å². The molecule has 1 aromatic carbocycles. The molecule has 0 saturated heterocycles.